The van der Waals surface area contributed by atoms with Crippen LogP contribution in [0.3, 0.4) is 0 Å². The Hall–Kier alpha value is -2.29. The normalized spacial score (nSPS) is 13.7. The fourth-order valence-electron chi connectivity index (χ4n) is 11.5. The van der Waals surface area contributed by atoms with E-state index in [2.05, 4.69) is 74.7 Å². The summed E-state index contributed by atoms with van der Waals surface area (Å²) < 4.78 is 30.9. The van der Waals surface area contributed by atoms with Crippen LogP contribution in [-0.4, -0.2) is 74.3 Å². The average Bonchev–Trinajstić information content (AvgIpc) is 3.70. The Morgan fingerprint density at radius 2 is 0.685 bits per heavy atom. The lowest BCUT2D eigenvalue weighted by Crippen LogP contribution is -2.47. The van der Waals surface area contributed by atoms with Crippen molar-refractivity contribution in [3.8, 4) is 0 Å². The lowest BCUT2D eigenvalue weighted by atomic mass is 10.0. The maximum Gasteiger partial charge on any atom is 0.472 e. The molecule has 0 aromatic carbocycles. The van der Waals surface area contributed by atoms with Crippen molar-refractivity contribution in [2.24, 2.45) is 0 Å². The summed E-state index contributed by atoms with van der Waals surface area (Å²) in [5, 5.41) is 3.08. The molecule has 0 radical (unpaired) electrons. The molecule has 522 valence electrons. The van der Waals surface area contributed by atoms with Gasteiger partial charge in [0, 0.05) is 12.8 Å². The first kappa shape index (κ1) is 86.7. The van der Waals surface area contributed by atoms with E-state index in [-0.39, 0.29) is 25.1 Å². The van der Waals surface area contributed by atoms with E-state index >= 15 is 0 Å². The van der Waals surface area contributed by atoms with Gasteiger partial charge in [0.1, 0.15) is 19.3 Å². The molecule has 3 atom stereocenters. The summed E-state index contributed by atoms with van der Waals surface area (Å²) in [6.07, 6.45) is 89.7. The van der Waals surface area contributed by atoms with E-state index in [1.54, 1.807) is 0 Å². The van der Waals surface area contributed by atoms with Crippen molar-refractivity contribution in [1.82, 2.24) is 5.32 Å². The van der Waals surface area contributed by atoms with Crippen molar-refractivity contribution >= 4 is 19.7 Å². The highest BCUT2D eigenvalue weighted by Crippen LogP contribution is 2.43. The van der Waals surface area contributed by atoms with E-state index in [4.69, 9.17) is 13.8 Å². The molecule has 10 heteroatoms. The molecule has 0 fully saturated rings. The third kappa shape index (κ3) is 69.9. The van der Waals surface area contributed by atoms with Crippen LogP contribution in [0, 0.1) is 0 Å². The van der Waals surface area contributed by atoms with Gasteiger partial charge in [-0.1, -0.05) is 332 Å². The van der Waals surface area contributed by atoms with Crippen molar-refractivity contribution in [1.29, 1.82) is 0 Å². The molecular formula is C79H150N2O7P+. The molecule has 1 amide bonds. The second-order valence-electron chi connectivity index (χ2n) is 27.5. The molecule has 9 nitrogen and oxygen atoms in total. The molecule has 0 saturated carbocycles. The van der Waals surface area contributed by atoms with Gasteiger partial charge in [-0.2, -0.15) is 0 Å². The molecule has 2 N–H and O–H groups in total. The van der Waals surface area contributed by atoms with Crippen LogP contribution in [0.4, 0.5) is 0 Å². The quantitative estimate of drug-likeness (QED) is 0.0205. The maximum atomic E-state index is 13.6. The van der Waals surface area contributed by atoms with Gasteiger partial charge in [-0.25, -0.2) is 4.57 Å². The highest BCUT2D eigenvalue weighted by molar-refractivity contribution is 7.47. The number of hydrogen-bond donors (Lipinski definition) is 2. The van der Waals surface area contributed by atoms with Gasteiger partial charge in [0.05, 0.1) is 33.8 Å². The zero-order chi connectivity index (χ0) is 64.9. The van der Waals surface area contributed by atoms with E-state index in [1.807, 2.05) is 33.3 Å². The third-order valence-electron chi connectivity index (χ3n) is 17.4. The molecule has 3 unspecified atom stereocenters. The van der Waals surface area contributed by atoms with Crippen molar-refractivity contribution in [2.75, 3.05) is 40.9 Å². The number of allylic oxidation sites excluding steroid dienone is 9. The van der Waals surface area contributed by atoms with Crippen LogP contribution in [0.2, 0.25) is 0 Å². The van der Waals surface area contributed by atoms with Crippen LogP contribution in [0.15, 0.2) is 60.8 Å². The minimum Gasteiger partial charge on any atom is -0.456 e. The van der Waals surface area contributed by atoms with E-state index < -0.39 is 20.0 Å². The molecule has 0 heterocycles. The van der Waals surface area contributed by atoms with Gasteiger partial charge in [0.25, 0.3) is 0 Å². The van der Waals surface area contributed by atoms with Gasteiger partial charge in [0.2, 0.25) is 5.91 Å². The van der Waals surface area contributed by atoms with E-state index in [0.717, 1.165) is 70.6 Å². The lowest BCUT2D eigenvalue weighted by molar-refractivity contribution is -0.870. The Kier molecular flexibility index (Phi) is 66.8. The number of nitrogens with one attached hydrogen (secondary N) is 1. The van der Waals surface area contributed by atoms with Crippen LogP contribution in [0.25, 0.3) is 0 Å². The fourth-order valence-corrected chi connectivity index (χ4v) is 12.2. The van der Waals surface area contributed by atoms with Gasteiger partial charge in [-0.3, -0.25) is 18.6 Å². The van der Waals surface area contributed by atoms with Crippen molar-refractivity contribution in [3.05, 3.63) is 60.8 Å². The Labute approximate surface area is 553 Å². The summed E-state index contributed by atoms with van der Waals surface area (Å²) in [4.78, 5) is 38.0. The first-order chi connectivity index (χ1) is 43.4. The van der Waals surface area contributed by atoms with Crippen LogP contribution in [-0.2, 0) is 27.9 Å². The summed E-state index contributed by atoms with van der Waals surface area (Å²) in [7, 11) is 1.51. The zero-order valence-electron chi connectivity index (χ0n) is 59.9. The monoisotopic (exact) mass is 1270 g/mol. The number of amides is 1. The van der Waals surface area contributed by atoms with Crippen LogP contribution >= 0.6 is 7.82 Å². The molecule has 0 aliphatic heterocycles. The van der Waals surface area contributed by atoms with Crippen molar-refractivity contribution in [3.63, 3.8) is 0 Å². The van der Waals surface area contributed by atoms with Gasteiger partial charge in [-0.05, 0) is 96.0 Å². The predicted octanol–water partition coefficient (Wildman–Crippen LogP) is 24.9. The van der Waals surface area contributed by atoms with Gasteiger partial charge >= 0.3 is 13.8 Å². The number of ether oxygens (including phenoxy) is 1. The Bertz CT molecular complexity index is 1700. The summed E-state index contributed by atoms with van der Waals surface area (Å²) in [6, 6.07) is -0.849. The number of phosphoric acid groups is 1. The van der Waals surface area contributed by atoms with Gasteiger partial charge in [-0.15, -0.1) is 0 Å². The number of likely N-dealkylation sites (N-methyl/N-ethyl adjacent to an activating group) is 1. The first-order valence-corrected chi connectivity index (χ1v) is 40.1. The average molecular weight is 1270 g/mol. The van der Waals surface area contributed by atoms with Crippen LogP contribution in [0.5, 0.6) is 0 Å². The summed E-state index contributed by atoms with van der Waals surface area (Å²) in [6.45, 7) is 7.03. The molecule has 0 aliphatic carbocycles. The Balaban J connectivity index is 4.90. The number of esters is 1. The van der Waals surface area contributed by atoms with Crippen molar-refractivity contribution < 1.29 is 37.3 Å². The summed E-state index contributed by atoms with van der Waals surface area (Å²) in [5.41, 5.74) is 0. The number of phosphoric ester groups is 1. The third-order valence-corrected chi connectivity index (χ3v) is 18.4. The summed E-state index contributed by atoms with van der Waals surface area (Å²) in [5.74, 6) is -0.489. The standard InChI is InChI=1S/C79H149N2O7P/c1-7-10-13-16-19-22-25-27-29-31-33-35-37-39-40-42-43-45-47-49-51-53-56-59-62-65-68-71-78(82)80-76(75-87-89(84,85)86-74-73-81(4,5)6)77(70-67-64-61-58-55-24-21-18-15-12-9-3)88-79(83)72-69-66-63-60-57-54-52-50-48-46-44-41-38-36-34-32-30-28-26-23-20-17-14-11-8-2/h19,22,27-30,33,35,67,70,76-77H,7-18,20-21,23-26,31-32,34,36-66,68-69,71-75H2,1-6H3,(H-,80,82,84,85)/p+1/b22-19-,29-27-,30-28+,35-33-,70-67+. The Morgan fingerprint density at radius 1 is 0.393 bits per heavy atom. The molecule has 0 aliphatic rings. The number of quaternary nitrogens is 1. The number of carbonyl (C=O) groups is 2. The second-order valence-corrected chi connectivity index (χ2v) is 29.0. The number of hydrogen-bond acceptors (Lipinski definition) is 6. The van der Waals surface area contributed by atoms with Gasteiger partial charge < -0.3 is 19.4 Å². The lowest BCUT2D eigenvalue weighted by Gasteiger charge is -2.27. The minimum absolute atomic E-state index is 0.0411. The first-order valence-electron chi connectivity index (χ1n) is 38.6. The molecule has 89 heavy (non-hydrogen) atoms. The molecular weight excluding hydrogens is 1120 g/mol. The van der Waals surface area contributed by atoms with E-state index in [1.165, 1.54) is 276 Å². The van der Waals surface area contributed by atoms with Gasteiger partial charge in [0.15, 0.2) is 0 Å². The maximum absolute atomic E-state index is 13.6. The molecule has 0 rings (SSSR count). The van der Waals surface area contributed by atoms with E-state index in [0.29, 0.717) is 23.9 Å². The topological polar surface area (TPSA) is 111 Å². The number of rotatable bonds is 71. The number of unbranched alkanes of at least 4 members (excludes halogenated alkanes) is 47. The predicted molar refractivity (Wildman–Crippen MR) is 388 cm³/mol. The zero-order valence-corrected chi connectivity index (χ0v) is 60.8. The molecule has 0 saturated heterocycles. The summed E-state index contributed by atoms with van der Waals surface area (Å²) >= 11 is 0. The van der Waals surface area contributed by atoms with E-state index in [9.17, 15) is 19.0 Å². The largest absolute Gasteiger partial charge is 0.472 e. The van der Waals surface area contributed by atoms with Crippen LogP contribution < -0.4 is 5.32 Å². The smallest absolute Gasteiger partial charge is 0.456 e. The molecule has 0 bridgehead atoms. The molecule has 0 spiro atoms. The number of carbonyl (C=O) groups excluding carboxylic acids is 2. The van der Waals surface area contributed by atoms with Crippen molar-refractivity contribution in [2.45, 2.75) is 392 Å². The SMILES string of the molecule is CCCCC/C=C\C/C=C\C/C=C\CCCCCCCCCCCCCCCCC(=O)NC(COP(=O)(O)OCC[N+](C)(C)C)C(/C=C/CCCCCCCCCCC)OC(=O)CCCCCCCCCCCCCCCCC/C=C/CCCCCCCC. The number of nitrogens with zero attached hydrogens (tertiary/aromatic N) is 1. The van der Waals surface area contributed by atoms with Crippen LogP contribution in [0.1, 0.15) is 380 Å². The highest BCUT2D eigenvalue weighted by Gasteiger charge is 2.30. The second kappa shape index (κ2) is 68.6. The Morgan fingerprint density at radius 3 is 1.06 bits per heavy atom. The molecule has 0 aromatic heterocycles. The fraction of sp³-hybridized carbons (Fsp3) is 0.848. The highest BCUT2D eigenvalue weighted by atomic mass is 31.2. The molecule has 0 aromatic rings. The minimum atomic E-state index is -4.46.